The van der Waals surface area contributed by atoms with Gasteiger partial charge in [-0.15, -0.1) is 0 Å². The van der Waals surface area contributed by atoms with Gasteiger partial charge in [-0.3, -0.25) is 0 Å². The molecule has 0 aromatic heterocycles. The summed E-state index contributed by atoms with van der Waals surface area (Å²) in [7, 11) is 2.16. The topological polar surface area (TPSA) is 29.3 Å². The lowest BCUT2D eigenvalue weighted by atomic mass is 9.75. The van der Waals surface area contributed by atoms with Gasteiger partial charge in [-0.05, 0) is 42.7 Å². The Kier molecular flexibility index (Phi) is 4.42. The highest BCUT2D eigenvalue weighted by molar-refractivity contribution is 6.33. The molecule has 0 radical (unpaired) electrons. The summed E-state index contributed by atoms with van der Waals surface area (Å²) in [5.41, 5.74) is 8.60. The third-order valence-corrected chi connectivity index (χ3v) is 4.80. The standard InChI is InChI=1S/C16H25ClN2/c1-16(2)9-7-13(8-10-16)19(3)15-12(11-18)5-4-6-14(15)17/h4-6,13H,7-11,18H2,1-3H3. The van der Waals surface area contributed by atoms with Crippen LogP contribution in [0.3, 0.4) is 0 Å². The minimum atomic E-state index is 0.495. The van der Waals surface area contributed by atoms with Crippen molar-refractivity contribution in [2.75, 3.05) is 11.9 Å². The smallest absolute Gasteiger partial charge is 0.0642 e. The van der Waals surface area contributed by atoms with Gasteiger partial charge in [0.25, 0.3) is 0 Å². The van der Waals surface area contributed by atoms with E-state index in [0.717, 1.165) is 16.3 Å². The predicted octanol–water partition coefficient (Wildman–Crippen LogP) is 4.20. The van der Waals surface area contributed by atoms with Gasteiger partial charge in [-0.2, -0.15) is 0 Å². The molecule has 1 fully saturated rings. The SMILES string of the molecule is CN(c1c(Cl)cccc1CN)C1CCC(C)(C)CC1. The first-order chi connectivity index (χ1) is 8.94. The molecule has 2 nitrogen and oxygen atoms in total. The van der Waals surface area contributed by atoms with E-state index >= 15 is 0 Å². The lowest BCUT2D eigenvalue weighted by Gasteiger charge is -2.40. The maximum absolute atomic E-state index is 6.38. The van der Waals surface area contributed by atoms with Crippen LogP contribution in [-0.2, 0) is 6.54 Å². The Labute approximate surface area is 121 Å². The van der Waals surface area contributed by atoms with Gasteiger partial charge in [0.2, 0.25) is 0 Å². The summed E-state index contributed by atoms with van der Waals surface area (Å²) in [5.74, 6) is 0. The monoisotopic (exact) mass is 280 g/mol. The molecular weight excluding hydrogens is 256 g/mol. The molecular formula is C16H25ClN2. The molecule has 1 saturated carbocycles. The van der Waals surface area contributed by atoms with Gasteiger partial charge in [-0.1, -0.05) is 37.6 Å². The molecule has 0 saturated heterocycles. The highest BCUT2D eigenvalue weighted by Gasteiger charge is 2.29. The summed E-state index contributed by atoms with van der Waals surface area (Å²) in [5, 5.41) is 0.815. The highest BCUT2D eigenvalue weighted by Crippen LogP contribution is 2.39. The van der Waals surface area contributed by atoms with E-state index in [1.165, 1.54) is 25.7 Å². The van der Waals surface area contributed by atoms with Crippen LogP contribution in [0.4, 0.5) is 5.69 Å². The van der Waals surface area contributed by atoms with E-state index in [2.05, 4.69) is 31.9 Å². The number of nitrogens with zero attached hydrogens (tertiary/aromatic N) is 1. The van der Waals surface area contributed by atoms with Crippen LogP contribution in [0.5, 0.6) is 0 Å². The van der Waals surface area contributed by atoms with E-state index in [1.54, 1.807) is 0 Å². The number of nitrogens with two attached hydrogens (primary N) is 1. The molecule has 2 rings (SSSR count). The zero-order valence-corrected chi connectivity index (χ0v) is 13.0. The molecule has 1 aliphatic carbocycles. The quantitative estimate of drug-likeness (QED) is 0.899. The Morgan fingerprint density at radius 2 is 1.95 bits per heavy atom. The minimum absolute atomic E-state index is 0.495. The van der Waals surface area contributed by atoms with Crippen molar-refractivity contribution in [2.24, 2.45) is 11.1 Å². The largest absolute Gasteiger partial charge is 0.370 e. The summed E-state index contributed by atoms with van der Waals surface area (Å²) in [6.45, 7) is 5.27. The van der Waals surface area contributed by atoms with Crippen molar-refractivity contribution in [1.29, 1.82) is 0 Å². The average Bonchev–Trinajstić information content (AvgIpc) is 2.37. The number of halogens is 1. The van der Waals surface area contributed by atoms with E-state index in [1.807, 2.05) is 12.1 Å². The van der Waals surface area contributed by atoms with Crippen LogP contribution in [-0.4, -0.2) is 13.1 Å². The van der Waals surface area contributed by atoms with Gasteiger partial charge < -0.3 is 10.6 Å². The molecule has 0 atom stereocenters. The van der Waals surface area contributed by atoms with E-state index in [-0.39, 0.29) is 0 Å². The third-order valence-electron chi connectivity index (χ3n) is 4.50. The van der Waals surface area contributed by atoms with Gasteiger partial charge in [0, 0.05) is 19.6 Å². The fourth-order valence-electron chi connectivity index (χ4n) is 3.07. The predicted molar refractivity (Wildman–Crippen MR) is 83.8 cm³/mol. The summed E-state index contributed by atoms with van der Waals surface area (Å²) >= 11 is 6.38. The molecule has 0 amide bonds. The van der Waals surface area contributed by atoms with Gasteiger partial charge in [0.1, 0.15) is 0 Å². The fraction of sp³-hybridized carbons (Fsp3) is 0.625. The Balaban J connectivity index is 2.18. The van der Waals surface area contributed by atoms with Crippen LogP contribution in [0.25, 0.3) is 0 Å². The molecule has 1 aliphatic rings. The van der Waals surface area contributed by atoms with Crippen LogP contribution in [0.15, 0.2) is 18.2 Å². The first-order valence-electron chi connectivity index (χ1n) is 7.15. The molecule has 1 aromatic carbocycles. The third kappa shape index (κ3) is 3.24. The lowest BCUT2D eigenvalue weighted by molar-refractivity contribution is 0.222. The molecule has 0 bridgehead atoms. The second kappa shape index (κ2) is 5.72. The van der Waals surface area contributed by atoms with Crippen LogP contribution < -0.4 is 10.6 Å². The Morgan fingerprint density at radius 1 is 1.32 bits per heavy atom. The second-order valence-corrected chi connectivity index (χ2v) is 6.87. The lowest BCUT2D eigenvalue weighted by Crippen LogP contribution is -2.38. The second-order valence-electron chi connectivity index (χ2n) is 6.46. The Bertz CT molecular complexity index is 432. The molecule has 1 aromatic rings. The fourth-order valence-corrected chi connectivity index (χ4v) is 3.40. The molecule has 0 unspecified atom stereocenters. The van der Waals surface area contributed by atoms with E-state index in [9.17, 15) is 0 Å². The zero-order chi connectivity index (χ0) is 14.0. The van der Waals surface area contributed by atoms with Crippen molar-refractivity contribution in [3.63, 3.8) is 0 Å². The normalized spacial score (nSPS) is 19.4. The van der Waals surface area contributed by atoms with Crippen molar-refractivity contribution in [3.05, 3.63) is 28.8 Å². The first-order valence-corrected chi connectivity index (χ1v) is 7.53. The van der Waals surface area contributed by atoms with Crippen molar-refractivity contribution >= 4 is 17.3 Å². The van der Waals surface area contributed by atoms with Gasteiger partial charge in [0.05, 0.1) is 10.7 Å². The maximum Gasteiger partial charge on any atom is 0.0642 e. The van der Waals surface area contributed by atoms with Gasteiger partial charge >= 0.3 is 0 Å². The van der Waals surface area contributed by atoms with Crippen LogP contribution >= 0.6 is 11.6 Å². The van der Waals surface area contributed by atoms with Crippen LogP contribution in [0, 0.1) is 5.41 Å². The minimum Gasteiger partial charge on any atom is -0.370 e. The first kappa shape index (κ1) is 14.7. The van der Waals surface area contributed by atoms with Crippen LogP contribution in [0.1, 0.15) is 45.1 Å². The van der Waals surface area contributed by atoms with Crippen molar-refractivity contribution in [2.45, 2.75) is 52.1 Å². The number of para-hydroxylation sites is 1. The number of hydrogen-bond acceptors (Lipinski definition) is 2. The number of anilines is 1. The molecule has 0 spiro atoms. The summed E-state index contributed by atoms with van der Waals surface area (Å²) in [4.78, 5) is 2.35. The molecule has 0 heterocycles. The molecule has 3 heteroatoms. The number of benzene rings is 1. The molecule has 106 valence electrons. The maximum atomic E-state index is 6.38. The number of hydrogen-bond donors (Lipinski definition) is 1. The summed E-state index contributed by atoms with van der Waals surface area (Å²) < 4.78 is 0. The van der Waals surface area contributed by atoms with Gasteiger partial charge in [0.15, 0.2) is 0 Å². The van der Waals surface area contributed by atoms with E-state index in [4.69, 9.17) is 17.3 Å². The van der Waals surface area contributed by atoms with Crippen molar-refractivity contribution in [3.8, 4) is 0 Å². The van der Waals surface area contributed by atoms with Crippen molar-refractivity contribution < 1.29 is 0 Å². The summed E-state index contributed by atoms with van der Waals surface area (Å²) in [6, 6.07) is 6.59. The Hall–Kier alpha value is -0.730. The number of rotatable bonds is 3. The zero-order valence-electron chi connectivity index (χ0n) is 12.2. The van der Waals surface area contributed by atoms with E-state index < -0.39 is 0 Å². The van der Waals surface area contributed by atoms with Crippen LogP contribution in [0.2, 0.25) is 5.02 Å². The Morgan fingerprint density at radius 3 is 2.53 bits per heavy atom. The highest BCUT2D eigenvalue weighted by atomic mass is 35.5. The molecule has 0 aliphatic heterocycles. The average molecular weight is 281 g/mol. The van der Waals surface area contributed by atoms with E-state index in [0.29, 0.717) is 18.0 Å². The molecule has 2 N–H and O–H groups in total. The summed E-state index contributed by atoms with van der Waals surface area (Å²) in [6.07, 6.45) is 5.03. The molecule has 19 heavy (non-hydrogen) atoms. The van der Waals surface area contributed by atoms with Crippen molar-refractivity contribution in [1.82, 2.24) is 0 Å². The van der Waals surface area contributed by atoms with Gasteiger partial charge in [-0.25, -0.2) is 0 Å².